The quantitative estimate of drug-likeness (QED) is 0.0244. The second-order valence-electron chi connectivity index (χ2n) is 25.6. The van der Waals surface area contributed by atoms with E-state index in [-0.39, 0.29) is 82.3 Å². The number of rotatable bonds is 36. The van der Waals surface area contributed by atoms with Crippen molar-refractivity contribution in [3.63, 3.8) is 0 Å². The number of aromatic hydroxyl groups is 1. The average molecular weight is 1470 g/mol. The number of aliphatic hydroxyl groups is 1. The molecule has 1 aliphatic heterocycles. The third-order valence-electron chi connectivity index (χ3n) is 17.7. The molecule has 0 radical (unpaired) electrons. The maximum absolute atomic E-state index is 15.1. The molecule has 106 heavy (non-hydrogen) atoms. The highest BCUT2D eigenvalue weighted by Crippen LogP contribution is 2.24. The van der Waals surface area contributed by atoms with Crippen LogP contribution in [0.25, 0.3) is 21.7 Å². The van der Waals surface area contributed by atoms with Crippen molar-refractivity contribution in [1.82, 2.24) is 78.0 Å². The Kier molecular flexibility index (Phi) is 27.8. The van der Waals surface area contributed by atoms with Gasteiger partial charge in [-0.05, 0) is 101 Å². The number of imidazole rings is 1. The third-order valence-corrected chi connectivity index (χ3v) is 18.0. The molecule has 9 rings (SSSR count). The topological polar surface area (TPSA) is 472 Å². The standard InChI is InChI=1S/C74H83ClN16O15/c1-42(93)83-56(32-45-16-21-47-10-2-3-11-48(47)29-45)66(98)85-57(30-43-17-22-50(75)23-18-43)67(99)86-58(33-46-9-6-26-77-36-46)68(100)90-62(40-92)71(103)88-60(35-51-38-78-41-82-51)70(102)84-55(14-7-27-79-74(76)106)65(97)87-59(34-49-37-80-54-13-5-4-12-53(49)54)69(101)89-61(31-44-19-24-52(94)25-20-44)73(105)91-28-8-15-63(91)72(104)81-39-64(95)96/h2-6,9-13,16-26,29,36-38,41,55-63,80,92,94H,7-8,14-15,27-28,30-35,39-40H2,1H3,(H,78,82)(H,81,104)(H,83,93)(H,84,102)(H,85,98)(H,86,99)(H,87,97)(H,88,103)(H,89,101)(H,90,100)(H,95,96)(H3,76,79,106)/t55-,56-,57-,58-,59+,60+,61+,62+,63+/m1/s1. The summed E-state index contributed by atoms with van der Waals surface area (Å²) in [4.78, 5) is 183. The second-order valence-corrected chi connectivity index (χ2v) is 26.0. The molecule has 0 saturated carbocycles. The van der Waals surface area contributed by atoms with Gasteiger partial charge in [0, 0.05) is 105 Å². The van der Waals surface area contributed by atoms with E-state index >= 15 is 9.59 Å². The van der Waals surface area contributed by atoms with Crippen LogP contribution < -0.4 is 58.9 Å². The number of hydrogen-bond donors (Lipinski definition) is 16. The number of carboxylic acid groups (broad SMARTS) is 1. The lowest BCUT2D eigenvalue weighted by Crippen LogP contribution is -2.62. The molecule has 5 aromatic carbocycles. The molecule has 3 aromatic heterocycles. The Labute approximate surface area is 612 Å². The van der Waals surface area contributed by atoms with Crippen LogP contribution in [0, 0.1) is 0 Å². The van der Waals surface area contributed by atoms with Crippen molar-refractivity contribution in [2.45, 2.75) is 126 Å². The van der Waals surface area contributed by atoms with Crippen molar-refractivity contribution in [3.8, 4) is 5.75 Å². The molecule has 9 atom stereocenters. The summed E-state index contributed by atoms with van der Waals surface area (Å²) in [5, 5.41) is 59.4. The number of carboxylic acids is 1. The Hall–Kier alpha value is -12.3. The van der Waals surface area contributed by atoms with Gasteiger partial charge in [0.15, 0.2) is 0 Å². The minimum Gasteiger partial charge on any atom is -0.508 e. The molecule has 8 aromatic rings. The number of halogens is 1. The summed E-state index contributed by atoms with van der Waals surface area (Å²) in [5.41, 5.74) is 9.00. The highest BCUT2D eigenvalue weighted by Gasteiger charge is 2.40. The number of carbonyl (C=O) groups excluding carboxylic acids is 11. The first kappa shape index (κ1) is 77.9. The molecule has 32 heteroatoms. The number of nitrogens with two attached hydrogens (primary N) is 1. The number of H-pyrrole nitrogens is 2. The first-order valence-corrected chi connectivity index (χ1v) is 34.6. The Morgan fingerprint density at radius 3 is 1.74 bits per heavy atom. The van der Waals surface area contributed by atoms with E-state index in [0.717, 1.165) is 10.8 Å². The summed E-state index contributed by atoms with van der Waals surface area (Å²) < 4.78 is 0. The number of likely N-dealkylation sites (tertiary alicyclic amines) is 1. The van der Waals surface area contributed by atoms with Crippen LogP contribution in [0.2, 0.25) is 5.02 Å². The lowest BCUT2D eigenvalue weighted by Gasteiger charge is -2.30. The fourth-order valence-electron chi connectivity index (χ4n) is 12.4. The Bertz CT molecular complexity index is 4430. The summed E-state index contributed by atoms with van der Waals surface area (Å²) in [5.74, 6) is -10.0. The van der Waals surface area contributed by atoms with Gasteiger partial charge in [-0.15, -0.1) is 0 Å². The number of pyridine rings is 1. The molecular weight excluding hydrogens is 1390 g/mol. The van der Waals surface area contributed by atoms with Gasteiger partial charge < -0.3 is 89.1 Å². The number of fused-ring (bicyclic) bond motifs is 2. The molecule has 4 heterocycles. The normalized spacial score (nSPS) is 14.8. The lowest BCUT2D eigenvalue weighted by molar-refractivity contribution is -0.143. The van der Waals surface area contributed by atoms with Crippen LogP contribution in [0.1, 0.15) is 66.1 Å². The molecular formula is C74H83ClN16O15. The number of phenols is 1. The molecule has 0 aliphatic carbocycles. The van der Waals surface area contributed by atoms with Crippen molar-refractivity contribution in [3.05, 3.63) is 197 Å². The van der Waals surface area contributed by atoms with Gasteiger partial charge in [-0.1, -0.05) is 103 Å². The number of benzene rings is 5. The van der Waals surface area contributed by atoms with Crippen LogP contribution in [0.3, 0.4) is 0 Å². The van der Waals surface area contributed by atoms with E-state index in [0.29, 0.717) is 50.2 Å². The van der Waals surface area contributed by atoms with E-state index < -0.39 is 139 Å². The Morgan fingerprint density at radius 1 is 0.566 bits per heavy atom. The minimum absolute atomic E-state index is 0.0221. The molecule has 1 saturated heterocycles. The molecule has 556 valence electrons. The van der Waals surface area contributed by atoms with E-state index in [1.807, 2.05) is 42.5 Å². The first-order chi connectivity index (χ1) is 51.0. The number of aliphatic carboxylic acids is 1. The molecule has 0 spiro atoms. The van der Waals surface area contributed by atoms with E-state index in [2.05, 4.69) is 73.1 Å². The summed E-state index contributed by atoms with van der Waals surface area (Å²) >= 11 is 6.24. The maximum atomic E-state index is 15.1. The van der Waals surface area contributed by atoms with E-state index in [9.17, 15) is 63.3 Å². The van der Waals surface area contributed by atoms with E-state index in [1.54, 1.807) is 66.9 Å². The van der Waals surface area contributed by atoms with Crippen LogP contribution >= 0.6 is 11.6 Å². The van der Waals surface area contributed by atoms with Crippen LogP contribution in [-0.4, -0.2) is 192 Å². The number of amides is 12. The van der Waals surface area contributed by atoms with Crippen molar-refractivity contribution in [1.29, 1.82) is 0 Å². The van der Waals surface area contributed by atoms with E-state index in [1.165, 1.54) is 61.0 Å². The number of nitrogens with zero attached hydrogens (tertiary/aromatic N) is 3. The van der Waals surface area contributed by atoms with Crippen LogP contribution in [0.5, 0.6) is 5.75 Å². The Morgan fingerprint density at radius 2 is 1.11 bits per heavy atom. The van der Waals surface area contributed by atoms with Gasteiger partial charge in [-0.2, -0.15) is 0 Å². The predicted octanol–water partition coefficient (Wildman–Crippen LogP) is 1.09. The van der Waals surface area contributed by atoms with Crippen LogP contribution in [0.15, 0.2) is 159 Å². The largest absolute Gasteiger partial charge is 0.508 e. The highest BCUT2D eigenvalue weighted by molar-refractivity contribution is 6.30. The molecule has 1 aliphatic rings. The predicted molar refractivity (Wildman–Crippen MR) is 387 cm³/mol. The van der Waals surface area contributed by atoms with Gasteiger partial charge in [0.2, 0.25) is 59.1 Å². The number of hydrogen-bond acceptors (Lipinski definition) is 16. The zero-order valence-electron chi connectivity index (χ0n) is 57.6. The number of para-hydroxylation sites is 1. The number of urea groups is 1. The van der Waals surface area contributed by atoms with Gasteiger partial charge >= 0.3 is 12.0 Å². The fourth-order valence-corrected chi connectivity index (χ4v) is 12.5. The first-order valence-electron chi connectivity index (χ1n) is 34.2. The average Bonchev–Trinajstić information content (AvgIpc) is 1.56. The van der Waals surface area contributed by atoms with Gasteiger partial charge in [0.05, 0.1) is 12.9 Å². The molecule has 12 amide bonds. The maximum Gasteiger partial charge on any atom is 0.322 e. The molecule has 31 nitrogen and oxygen atoms in total. The van der Waals surface area contributed by atoms with Gasteiger partial charge in [-0.25, -0.2) is 9.78 Å². The number of primary amides is 1. The highest BCUT2D eigenvalue weighted by atomic mass is 35.5. The summed E-state index contributed by atoms with van der Waals surface area (Å²) in [6, 6.07) is 21.5. The summed E-state index contributed by atoms with van der Waals surface area (Å²) in [7, 11) is 0. The van der Waals surface area contributed by atoms with Crippen molar-refractivity contribution < 1.29 is 72.9 Å². The van der Waals surface area contributed by atoms with Crippen LogP contribution in [-0.2, 0) is 91.3 Å². The van der Waals surface area contributed by atoms with Crippen LogP contribution in [0.4, 0.5) is 4.79 Å². The molecule has 17 N–H and O–H groups in total. The van der Waals surface area contributed by atoms with Crippen molar-refractivity contribution in [2.75, 3.05) is 26.2 Å². The zero-order chi connectivity index (χ0) is 75.8. The zero-order valence-corrected chi connectivity index (χ0v) is 58.4. The number of aromatic amines is 2. The number of aliphatic hydroxyl groups excluding tert-OH is 1. The fraction of sp³-hybridized carbons (Fsp3) is 0.324. The number of carbonyl (C=O) groups is 12. The smallest absolute Gasteiger partial charge is 0.322 e. The van der Waals surface area contributed by atoms with Gasteiger partial charge in [-0.3, -0.25) is 57.7 Å². The Balaban J connectivity index is 0.960. The molecule has 0 bridgehead atoms. The number of nitrogens with one attached hydrogen (secondary N) is 12. The lowest BCUT2D eigenvalue weighted by atomic mass is 9.99. The number of aromatic nitrogens is 4. The van der Waals surface area contributed by atoms with Gasteiger partial charge in [0.1, 0.15) is 66.7 Å². The molecule has 1 fully saturated rings. The van der Waals surface area contributed by atoms with Crippen molar-refractivity contribution >= 4 is 104 Å². The van der Waals surface area contributed by atoms with E-state index in [4.69, 9.17) is 17.3 Å². The molecule has 0 unspecified atom stereocenters. The minimum atomic E-state index is -1.85. The van der Waals surface area contributed by atoms with Crippen molar-refractivity contribution in [2.24, 2.45) is 5.73 Å². The summed E-state index contributed by atoms with van der Waals surface area (Å²) in [6.07, 6.45) is 6.28. The number of phenolic OH excluding ortho intramolecular Hbond substituents is 1. The summed E-state index contributed by atoms with van der Waals surface area (Å²) in [6.45, 7) is -0.599. The SMILES string of the molecule is CC(=O)N[C@H](Cc1ccc2ccccc2c1)C(=O)N[C@H](Cc1ccc(Cl)cc1)C(=O)N[C@H](Cc1cccnc1)C(=O)N[C@@H](CO)C(=O)N[C@@H](Cc1cnc[nH]1)C(=O)N[C@H](CCCNC(N)=O)C(=O)N[C@@H](Cc1c[nH]c2ccccc12)C(=O)N[C@@H](Cc1ccc(O)cc1)C(=O)N1CCC[C@H]1C(=O)NCC(=O)O. The second kappa shape index (κ2) is 37.8. The monoisotopic (exact) mass is 1470 g/mol. The third kappa shape index (κ3) is 22.6. The van der Waals surface area contributed by atoms with Gasteiger partial charge in [0.25, 0.3) is 0 Å².